The molecule has 1 N–H and O–H groups in total. The van der Waals surface area contributed by atoms with Crippen molar-refractivity contribution >= 4 is 5.69 Å². The van der Waals surface area contributed by atoms with Crippen LogP contribution in [0.3, 0.4) is 0 Å². The van der Waals surface area contributed by atoms with Gasteiger partial charge in [-0.3, -0.25) is 0 Å². The minimum atomic E-state index is -0.164. The summed E-state index contributed by atoms with van der Waals surface area (Å²) in [6.45, 7) is 6.93. The normalized spacial score (nSPS) is 24.9. The fraction of sp³-hybridized carbons (Fsp3) is 0.625. The van der Waals surface area contributed by atoms with Crippen molar-refractivity contribution in [3.63, 3.8) is 0 Å². The summed E-state index contributed by atoms with van der Waals surface area (Å²) in [5, 5.41) is 3.54. The van der Waals surface area contributed by atoms with Gasteiger partial charge in [0.25, 0.3) is 0 Å². The molecule has 2 heteroatoms. The summed E-state index contributed by atoms with van der Waals surface area (Å²) in [5.41, 5.74) is 1.22. The van der Waals surface area contributed by atoms with E-state index in [0.29, 0.717) is 17.4 Å². The molecule has 0 aromatic heterocycles. The first-order valence-electron chi connectivity index (χ1n) is 6.99. The molecule has 0 heterocycles. The highest BCUT2D eigenvalue weighted by Gasteiger charge is 2.33. The SMILES string of the molecule is CC(C)(C)C1CCCCC1Nc1cccc(F)c1. The van der Waals surface area contributed by atoms with E-state index < -0.39 is 0 Å². The van der Waals surface area contributed by atoms with Crippen LogP contribution in [0.2, 0.25) is 0 Å². The predicted molar refractivity (Wildman–Crippen MR) is 75.2 cm³/mol. The Morgan fingerprint density at radius 3 is 2.56 bits per heavy atom. The van der Waals surface area contributed by atoms with Gasteiger partial charge in [0.2, 0.25) is 0 Å². The van der Waals surface area contributed by atoms with Gasteiger partial charge in [-0.1, -0.05) is 39.7 Å². The lowest BCUT2D eigenvalue weighted by molar-refractivity contribution is 0.163. The van der Waals surface area contributed by atoms with Crippen molar-refractivity contribution in [1.82, 2.24) is 0 Å². The molecule has 100 valence electrons. The molecule has 1 fully saturated rings. The smallest absolute Gasteiger partial charge is 0.125 e. The molecule has 0 radical (unpaired) electrons. The van der Waals surface area contributed by atoms with Crippen LogP contribution < -0.4 is 5.32 Å². The number of nitrogens with one attached hydrogen (secondary N) is 1. The molecule has 1 nitrogen and oxygen atoms in total. The third-order valence-corrected chi connectivity index (χ3v) is 4.06. The fourth-order valence-electron chi connectivity index (χ4n) is 3.13. The van der Waals surface area contributed by atoms with E-state index in [1.807, 2.05) is 6.07 Å². The summed E-state index contributed by atoms with van der Waals surface area (Å²) in [7, 11) is 0. The predicted octanol–water partition coefficient (Wildman–Crippen LogP) is 4.84. The summed E-state index contributed by atoms with van der Waals surface area (Å²) < 4.78 is 13.2. The molecule has 1 aliphatic rings. The van der Waals surface area contributed by atoms with Gasteiger partial charge >= 0.3 is 0 Å². The molecule has 1 aromatic rings. The highest BCUT2D eigenvalue weighted by molar-refractivity contribution is 5.44. The zero-order valence-electron chi connectivity index (χ0n) is 11.7. The van der Waals surface area contributed by atoms with Gasteiger partial charge in [-0.25, -0.2) is 4.39 Å². The van der Waals surface area contributed by atoms with Crippen molar-refractivity contribution in [1.29, 1.82) is 0 Å². The van der Waals surface area contributed by atoms with E-state index in [4.69, 9.17) is 0 Å². The van der Waals surface area contributed by atoms with E-state index >= 15 is 0 Å². The first-order valence-corrected chi connectivity index (χ1v) is 6.99. The van der Waals surface area contributed by atoms with Crippen molar-refractivity contribution in [3.8, 4) is 0 Å². The van der Waals surface area contributed by atoms with E-state index in [0.717, 1.165) is 5.69 Å². The lowest BCUT2D eigenvalue weighted by atomic mass is 9.69. The Hall–Kier alpha value is -1.05. The van der Waals surface area contributed by atoms with Gasteiger partial charge < -0.3 is 5.32 Å². The molecule has 0 spiro atoms. The highest BCUT2D eigenvalue weighted by Crippen LogP contribution is 2.39. The summed E-state index contributed by atoms with van der Waals surface area (Å²) in [6.07, 6.45) is 5.07. The van der Waals surface area contributed by atoms with Crippen LogP contribution in [0.1, 0.15) is 46.5 Å². The molecule has 2 atom stereocenters. The maximum atomic E-state index is 13.2. The summed E-state index contributed by atoms with van der Waals surface area (Å²) in [6, 6.07) is 7.28. The average molecular weight is 249 g/mol. The maximum absolute atomic E-state index is 13.2. The minimum Gasteiger partial charge on any atom is -0.382 e. The zero-order chi connectivity index (χ0) is 13.2. The van der Waals surface area contributed by atoms with Gasteiger partial charge in [-0.05, 0) is 42.4 Å². The maximum Gasteiger partial charge on any atom is 0.125 e. The monoisotopic (exact) mass is 249 g/mol. The molecular formula is C16H24FN. The third-order valence-electron chi connectivity index (χ3n) is 4.06. The van der Waals surface area contributed by atoms with Gasteiger partial charge in [0, 0.05) is 11.7 Å². The Balaban J connectivity index is 2.10. The molecular weight excluding hydrogens is 225 g/mol. The molecule has 0 aliphatic heterocycles. The fourth-order valence-corrected chi connectivity index (χ4v) is 3.13. The number of hydrogen-bond acceptors (Lipinski definition) is 1. The topological polar surface area (TPSA) is 12.0 Å². The standard InChI is InChI=1S/C16H24FN/c1-16(2,3)14-9-4-5-10-15(14)18-13-8-6-7-12(17)11-13/h6-8,11,14-15,18H,4-5,9-10H2,1-3H3. The molecule has 18 heavy (non-hydrogen) atoms. The molecule has 1 saturated carbocycles. The molecule has 0 amide bonds. The van der Waals surface area contributed by atoms with Crippen LogP contribution in [-0.2, 0) is 0 Å². The van der Waals surface area contributed by atoms with E-state index in [2.05, 4.69) is 26.1 Å². The number of benzene rings is 1. The molecule has 0 bridgehead atoms. The van der Waals surface area contributed by atoms with E-state index in [9.17, 15) is 4.39 Å². The number of halogens is 1. The second kappa shape index (κ2) is 5.29. The minimum absolute atomic E-state index is 0.164. The lowest BCUT2D eigenvalue weighted by Crippen LogP contribution is -2.39. The van der Waals surface area contributed by atoms with Gasteiger partial charge in [0.05, 0.1) is 0 Å². The van der Waals surface area contributed by atoms with Crippen molar-refractivity contribution < 1.29 is 4.39 Å². The van der Waals surface area contributed by atoms with Crippen LogP contribution in [0, 0.1) is 17.2 Å². The van der Waals surface area contributed by atoms with Gasteiger partial charge in [-0.2, -0.15) is 0 Å². The Bertz CT molecular complexity index is 394. The first-order chi connectivity index (χ1) is 8.47. The largest absolute Gasteiger partial charge is 0.382 e. The first kappa shape index (κ1) is 13.4. The van der Waals surface area contributed by atoms with Gasteiger partial charge in [0.15, 0.2) is 0 Å². The second-order valence-electron chi connectivity index (χ2n) is 6.52. The Morgan fingerprint density at radius 2 is 1.89 bits per heavy atom. The summed E-state index contributed by atoms with van der Waals surface area (Å²) in [5.74, 6) is 0.498. The Kier molecular flexibility index (Phi) is 3.94. The van der Waals surface area contributed by atoms with Crippen LogP contribution in [0.15, 0.2) is 24.3 Å². The highest BCUT2D eigenvalue weighted by atomic mass is 19.1. The Morgan fingerprint density at radius 1 is 1.17 bits per heavy atom. The molecule has 1 aromatic carbocycles. The third kappa shape index (κ3) is 3.24. The van der Waals surface area contributed by atoms with Gasteiger partial charge in [0.1, 0.15) is 5.82 Å². The van der Waals surface area contributed by atoms with Crippen LogP contribution in [0.25, 0.3) is 0 Å². The average Bonchev–Trinajstić information content (AvgIpc) is 2.28. The second-order valence-corrected chi connectivity index (χ2v) is 6.52. The zero-order valence-corrected chi connectivity index (χ0v) is 11.7. The number of rotatable bonds is 2. The van der Waals surface area contributed by atoms with Crippen LogP contribution in [-0.4, -0.2) is 6.04 Å². The van der Waals surface area contributed by atoms with Crippen molar-refractivity contribution in [2.24, 2.45) is 11.3 Å². The van der Waals surface area contributed by atoms with E-state index in [1.54, 1.807) is 12.1 Å². The molecule has 1 aliphatic carbocycles. The van der Waals surface area contributed by atoms with Gasteiger partial charge in [-0.15, -0.1) is 0 Å². The molecule has 2 unspecified atom stereocenters. The quantitative estimate of drug-likeness (QED) is 0.790. The van der Waals surface area contributed by atoms with E-state index in [-0.39, 0.29) is 5.82 Å². The summed E-state index contributed by atoms with van der Waals surface area (Å²) >= 11 is 0. The van der Waals surface area contributed by atoms with Crippen LogP contribution in [0.4, 0.5) is 10.1 Å². The van der Waals surface area contributed by atoms with Crippen LogP contribution in [0.5, 0.6) is 0 Å². The number of hydrogen-bond donors (Lipinski definition) is 1. The Labute approximate surface area is 110 Å². The van der Waals surface area contributed by atoms with E-state index in [1.165, 1.54) is 31.7 Å². The van der Waals surface area contributed by atoms with Crippen molar-refractivity contribution in [2.75, 3.05) is 5.32 Å². The van der Waals surface area contributed by atoms with Crippen molar-refractivity contribution in [3.05, 3.63) is 30.1 Å². The van der Waals surface area contributed by atoms with Crippen LogP contribution >= 0.6 is 0 Å². The molecule has 2 rings (SSSR count). The summed E-state index contributed by atoms with van der Waals surface area (Å²) in [4.78, 5) is 0. The van der Waals surface area contributed by atoms with Crippen molar-refractivity contribution in [2.45, 2.75) is 52.5 Å². The molecule has 0 saturated heterocycles. The number of anilines is 1. The lowest BCUT2D eigenvalue weighted by Gasteiger charge is -2.41.